The van der Waals surface area contributed by atoms with Gasteiger partial charge in [-0.1, -0.05) is 176 Å². The van der Waals surface area contributed by atoms with Crippen LogP contribution in [-0.2, 0) is 0 Å². The molecule has 0 N–H and O–H groups in total. The normalized spacial score (nSPS) is 11.8. The molecule has 0 aliphatic heterocycles. The molecule has 11 aromatic carbocycles. The zero-order chi connectivity index (χ0) is 48.0. The van der Waals surface area contributed by atoms with Crippen molar-refractivity contribution in [3.8, 4) is 62.1 Å². The number of hydrogen-bond acceptors (Lipinski definition) is 2. The van der Waals surface area contributed by atoms with Crippen molar-refractivity contribution in [3.05, 3.63) is 261 Å². The van der Waals surface area contributed by atoms with E-state index in [-0.39, 0.29) is 0 Å². The lowest BCUT2D eigenvalue weighted by atomic mass is 9.98. The minimum absolute atomic E-state index is 0.675. The van der Waals surface area contributed by atoms with Crippen LogP contribution in [-0.4, -0.2) is 23.7 Å². The van der Waals surface area contributed by atoms with E-state index in [1.54, 1.807) is 0 Å². The molecule has 0 saturated heterocycles. The SMILES string of the molecule is c1ccc(-c2nc(-c3cc(-n4c5ccccc5c5ccccc54)cc(-n4c5ccccc5c5ccccc54)c3)cc(-c3ccc4cc(-c5ccc(-n6c7ccccc7c7ccccc76)cc5)ccc4c3)n2)cc1. The highest BCUT2D eigenvalue weighted by molar-refractivity contribution is 6.11. The maximum atomic E-state index is 5.42. The Bertz CT molecular complexity index is 4380. The number of hydrogen-bond donors (Lipinski definition) is 0. The van der Waals surface area contributed by atoms with Gasteiger partial charge < -0.3 is 13.7 Å². The quantitative estimate of drug-likeness (QED) is 0.160. The van der Waals surface area contributed by atoms with Crippen LogP contribution in [0.1, 0.15) is 0 Å². The summed E-state index contributed by atoms with van der Waals surface area (Å²) in [7, 11) is 0. The van der Waals surface area contributed by atoms with Crippen LogP contribution in [0.5, 0.6) is 0 Å². The van der Waals surface area contributed by atoms with Crippen LogP contribution in [0.4, 0.5) is 0 Å². The van der Waals surface area contributed by atoms with Crippen LogP contribution >= 0.6 is 0 Å². The molecule has 0 atom stereocenters. The van der Waals surface area contributed by atoms with Gasteiger partial charge >= 0.3 is 0 Å². The van der Waals surface area contributed by atoms with E-state index in [9.17, 15) is 0 Å². The van der Waals surface area contributed by atoms with Crippen molar-refractivity contribution >= 4 is 76.2 Å². The van der Waals surface area contributed by atoms with Crippen LogP contribution in [0, 0.1) is 0 Å². The van der Waals surface area contributed by atoms with Gasteiger partial charge in [0.15, 0.2) is 5.82 Å². The van der Waals surface area contributed by atoms with Crippen LogP contribution in [0.15, 0.2) is 261 Å². The molecule has 15 aromatic rings. The van der Waals surface area contributed by atoms with Crippen molar-refractivity contribution in [2.45, 2.75) is 0 Å². The first-order valence-corrected chi connectivity index (χ1v) is 24.9. The highest BCUT2D eigenvalue weighted by atomic mass is 15.0. The first kappa shape index (κ1) is 41.0. The molecule has 0 aliphatic rings. The largest absolute Gasteiger partial charge is 0.309 e. The average Bonchev–Trinajstić information content (AvgIpc) is 4.11. The Balaban J connectivity index is 0.874. The number of aromatic nitrogens is 5. The Labute approximate surface area is 420 Å². The van der Waals surface area contributed by atoms with Gasteiger partial charge in [-0.05, 0) is 107 Å². The fraction of sp³-hybridized carbons (Fsp3) is 0. The maximum absolute atomic E-state index is 5.42. The molecule has 0 unspecified atom stereocenters. The molecule has 73 heavy (non-hydrogen) atoms. The third kappa shape index (κ3) is 6.63. The molecule has 0 fully saturated rings. The smallest absolute Gasteiger partial charge is 0.160 e. The summed E-state index contributed by atoms with van der Waals surface area (Å²) < 4.78 is 7.18. The lowest BCUT2D eigenvalue weighted by molar-refractivity contribution is 1.13. The van der Waals surface area contributed by atoms with Crippen LogP contribution in [0.25, 0.3) is 138 Å². The fourth-order valence-corrected chi connectivity index (χ4v) is 11.5. The molecule has 0 spiro atoms. The highest BCUT2D eigenvalue weighted by Crippen LogP contribution is 2.40. The van der Waals surface area contributed by atoms with Crippen molar-refractivity contribution in [1.29, 1.82) is 0 Å². The minimum atomic E-state index is 0.675. The van der Waals surface area contributed by atoms with Crippen molar-refractivity contribution in [3.63, 3.8) is 0 Å². The Morgan fingerprint density at radius 1 is 0.219 bits per heavy atom. The zero-order valence-corrected chi connectivity index (χ0v) is 39.6. The summed E-state index contributed by atoms with van der Waals surface area (Å²) in [5, 5.41) is 9.71. The molecule has 15 rings (SSSR count). The molecule has 5 nitrogen and oxygen atoms in total. The predicted molar refractivity (Wildman–Crippen MR) is 304 cm³/mol. The third-order valence-corrected chi connectivity index (χ3v) is 14.8. The van der Waals surface area contributed by atoms with Gasteiger partial charge in [0, 0.05) is 66.1 Å². The average molecular weight is 930 g/mol. The zero-order valence-electron chi connectivity index (χ0n) is 39.6. The Hall–Kier alpha value is -9.84. The van der Waals surface area contributed by atoms with E-state index in [0.717, 1.165) is 72.6 Å². The van der Waals surface area contributed by atoms with Gasteiger partial charge in [-0.25, -0.2) is 9.97 Å². The summed E-state index contributed by atoms with van der Waals surface area (Å²) in [5.74, 6) is 0.675. The molecule has 4 heterocycles. The Morgan fingerprint density at radius 3 is 1.03 bits per heavy atom. The first-order chi connectivity index (χ1) is 36.2. The number of nitrogens with zero attached hydrogens (tertiary/aromatic N) is 5. The lowest BCUT2D eigenvalue weighted by Gasteiger charge is -2.16. The van der Waals surface area contributed by atoms with Gasteiger partial charge in [-0.3, -0.25) is 0 Å². The van der Waals surface area contributed by atoms with E-state index in [4.69, 9.17) is 9.97 Å². The van der Waals surface area contributed by atoms with Crippen molar-refractivity contribution in [2.75, 3.05) is 0 Å². The number of rotatable bonds is 7. The molecule has 0 aliphatic carbocycles. The van der Waals surface area contributed by atoms with Gasteiger partial charge in [-0.2, -0.15) is 0 Å². The number of para-hydroxylation sites is 6. The second kappa shape index (κ2) is 16.4. The van der Waals surface area contributed by atoms with Crippen LogP contribution < -0.4 is 0 Å². The van der Waals surface area contributed by atoms with E-state index in [2.05, 4.69) is 268 Å². The van der Waals surface area contributed by atoms with Crippen molar-refractivity contribution in [2.24, 2.45) is 0 Å². The second-order valence-electron chi connectivity index (χ2n) is 19.0. The molecule has 0 amide bonds. The Morgan fingerprint density at radius 2 is 0.575 bits per heavy atom. The lowest BCUT2D eigenvalue weighted by Crippen LogP contribution is -2.01. The Kier molecular flexibility index (Phi) is 9.19. The van der Waals surface area contributed by atoms with Crippen molar-refractivity contribution in [1.82, 2.24) is 23.7 Å². The van der Waals surface area contributed by atoms with E-state index < -0.39 is 0 Å². The maximum Gasteiger partial charge on any atom is 0.160 e. The van der Waals surface area contributed by atoms with Crippen LogP contribution in [0.2, 0.25) is 0 Å². The van der Waals surface area contributed by atoms with E-state index in [1.165, 1.54) is 59.9 Å². The molecule has 0 saturated carbocycles. The molecule has 4 aromatic heterocycles. The van der Waals surface area contributed by atoms with Gasteiger partial charge in [0.1, 0.15) is 0 Å². The minimum Gasteiger partial charge on any atom is -0.309 e. The monoisotopic (exact) mass is 929 g/mol. The van der Waals surface area contributed by atoms with Gasteiger partial charge in [0.05, 0.1) is 44.5 Å². The van der Waals surface area contributed by atoms with Gasteiger partial charge in [-0.15, -0.1) is 0 Å². The molecule has 5 heteroatoms. The number of fused-ring (bicyclic) bond motifs is 10. The molecular formula is C68H43N5. The summed E-state index contributed by atoms with van der Waals surface area (Å²) in [5.41, 5.74) is 17.3. The molecule has 0 radical (unpaired) electrons. The van der Waals surface area contributed by atoms with E-state index in [0.29, 0.717) is 5.82 Å². The summed E-state index contributed by atoms with van der Waals surface area (Å²) in [6.45, 7) is 0. The first-order valence-electron chi connectivity index (χ1n) is 24.9. The van der Waals surface area contributed by atoms with E-state index in [1.807, 2.05) is 6.07 Å². The molecular weight excluding hydrogens is 887 g/mol. The highest BCUT2D eigenvalue weighted by Gasteiger charge is 2.20. The fourth-order valence-electron chi connectivity index (χ4n) is 11.5. The summed E-state index contributed by atoms with van der Waals surface area (Å²) in [6, 6.07) is 94.1. The topological polar surface area (TPSA) is 40.6 Å². The number of benzene rings is 11. The standard InChI is InChI=1S/C68H43N5/c1-2-16-45(17-3-1)68-69-60(49-33-32-47-38-46(30-31-48(47)39-49)44-34-36-51(37-35-44)71-62-24-10-4-18-54(62)55-19-5-11-25-63(55)71)43-61(70-68)50-40-52(72-64-26-12-6-20-56(64)57-21-7-13-27-65(57)72)42-53(41-50)73-66-28-14-8-22-58(66)59-23-9-15-29-67(59)73/h1-43H. The summed E-state index contributed by atoms with van der Waals surface area (Å²) in [4.78, 5) is 10.7. The third-order valence-electron chi connectivity index (χ3n) is 14.8. The predicted octanol–water partition coefficient (Wildman–Crippen LogP) is 17.6. The van der Waals surface area contributed by atoms with Crippen LogP contribution in [0.3, 0.4) is 0 Å². The molecule has 340 valence electrons. The second-order valence-corrected chi connectivity index (χ2v) is 19.0. The van der Waals surface area contributed by atoms with Gasteiger partial charge in [0.25, 0.3) is 0 Å². The summed E-state index contributed by atoms with van der Waals surface area (Å²) in [6.07, 6.45) is 0. The van der Waals surface area contributed by atoms with Crippen molar-refractivity contribution < 1.29 is 0 Å². The summed E-state index contributed by atoms with van der Waals surface area (Å²) >= 11 is 0. The molecule has 0 bridgehead atoms. The van der Waals surface area contributed by atoms with Gasteiger partial charge in [0.2, 0.25) is 0 Å². The van der Waals surface area contributed by atoms with E-state index >= 15 is 0 Å².